The number of hydrogen-bond acceptors (Lipinski definition) is 4. The van der Waals surface area contributed by atoms with Crippen molar-refractivity contribution in [1.29, 1.82) is 0 Å². The van der Waals surface area contributed by atoms with Crippen molar-refractivity contribution in [2.75, 3.05) is 11.9 Å². The number of hydrogen-bond donors (Lipinski definition) is 1. The minimum absolute atomic E-state index is 0.233. The number of carbonyl (C=O) groups is 2. The van der Waals surface area contributed by atoms with Gasteiger partial charge in [0, 0.05) is 32.4 Å². The van der Waals surface area contributed by atoms with E-state index in [9.17, 15) is 9.59 Å². The van der Waals surface area contributed by atoms with Crippen LogP contribution in [0.5, 0.6) is 5.75 Å². The Morgan fingerprint density at radius 3 is 2.24 bits per heavy atom. The van der Waals surface area contributed by atoms with Crippen LogP contribution in [0.15, 0.2) is 66.7 Å². The zero-order valence-corrected chi connectivity index (χ0v) is 19.9. The van der Waals surface area contributed by atoms with E-state index >= 15 is 0 Å². The molecule has 0 aliphatic heterocycles. The average Bonchev–Trinajstić information content (AvgIpc) is 2.80. The molecule has 170 valence electrons. The van der Waals surface area contributed by atoms with Crippen LogP contribution in [0.3, 0.4) is 0 Å². The Bertz CT molecular complexity index is 1160. The van der Waals surface area contributed by atoms with E-state index in [-0.39, 0.29) is 6.61 Å². The van der Waals surface area contributed by atoms with Crippen molar-refractivity contribution in [1.82, 2.24) is 0 Å². The summed E-state index contributed by atoms with van der Waals surface area (Å²) >= 11 is 18.3. The number of benzene rings is 3. The van der Waals surface area contributed by atoms with Crippen LogP contribution >= 0.6 is 34.8 Å². The van der Waals surface area contributed by atoms with Gasteiger partial charge in [-0.15, -0.1) is 0 Å². The molecule has 0 spiro atoms. The fourth-order valence-corrected chi connectivity index (χ4v) is 3.46. The second-order valence-corrected chi connectivity index (χ2v) is 8.18. The van der Waals surface area contributed by atoms with Gasteiger partial charge in [-0.1, -0.05) is 59.1 Å². The van der Waals surface area contributed by atoms with Gasteiger partial charge in [-0.3, -0.25) is 4.79 Å². The molecule has 0 aliphatic rings. The van der Waals surface area contributed by atoms with Gasteiger partial charge < -0.3 is 14.8 Å². The highest BCUT2D eigenvalue weighted by atomic mass is 35.5. The molecule has 3 rings (SSSR count). The summed E-state index contributed by atoms with van der Waals surface area (Å²) in [6.07, 6.45) is 2.83. The van der Waals surface area contributed by atoms with Crippen molar-refractivity contribution >= 4 is 58.4 Å². The lowest BCUT2D eigenvalue weighted by Crippen LogP contribution is -2.20. The van der Waals surface area contributed by atoms with Crippen molar-refractivity contribution in [2.24, 2.45) is 0 Å². The van der Waals surface area contributed by atoms with Crippen LogP contribution in [0.1, 0.15) is 16.7 Å². The minimum Gasteiger partial charge on any atom is -0.489 e. The minimum atomic E-state index is -0.637. The third kappa shape index (κ3) is 7.26. The topological polar surface area (TPSA) is 64.6 Å². The normalized spacial score (nSPS) is 10.8. The van der Waals surface area contributed by atoms with Crippen LogP contribution in [-0.2, 0) is 20.9 Å². The molecule has 1 amide bonds. The number of rotatable bonds is 8. The molecule has 5 nitrogen and oxygen atoms in total. The molecule has 3 aromatic carbocycles. The molecule has 8 heteroatoms. The molecule has 0 saturated carbocycles. The summed E-state index contributed by atoms with van der Waals surface area (Å²) in [6, 6.07) is 17.5. The fraction of sp³-hybridized carbons (Fsp3) is 0.120. The molecule has 0 radical (unpaired) electrons. The SMILES string of the molecule is Cc1c(Cl)cccc1NC(=O)COC(=O)C=Cc1ccc(OCc2c(Cl)cccc2Cl)cc1. The molecule has 33 heavy (non-hydrogen) atoms. The maximum atomic E-state index is 12.0. The first kappa shape index (κ1) is 24.6. The Kier molecular flexibility index (Phi) is 8.78. The summed E-state index contributed by atoms with van der Waals surface area (Å²) in [5, 5.41) is 4.28. The van der Waals surface area contributed by atoms with Crippen LogP contribution in [-0.4, -0.2) is 18.5 Å². The van der Waals surface area contributed by atoms with Gasteiger partial charge in [-0.25, -0.2) is 4.79 Å². The van der Waals surface area contributed by atoms with Crippen molar-refractivity contribution in [3.8, 4) is 5.75 Å². The zero-order valence-electron chi connectivity index (χ0n) is 17.6. The van der Waals surface area contributed by atoms with E-state index in [0.717, 1.165) is 11.1 Å². The average molecular weight is 505 g/mol. The monoisotopic (exact) mass is 503 g/mol. The van der Waals surface area contributed by atoms with Crippen LogP contribution in [0.25, 0.3) is 6.08 Å². The number of ether oxygens (including phenoxy) is 2. The number of anilines is 1. The lowest BCUT2D eigenvalue weighted by molar-refractivity contribution is -0.142. The first-order valence-corrected chi connectivity index (χ1v) is 11.0. The van der Waals surface area contributed by atoms with Gasteiger partial charge in [-0.05, 0) is 60.5 Å². The molecule has 0 aromatic heterocycles. The fourth-order valence-electron chi connectivity index (χ4n) is 2.78. The number of halogens is 3. The highest BCUT2D eigenvalue weighted by molar-refractivity contribution is 6.36. The Balaban J connectivity index is 1.46. The summed E-state index contributed by atoms with van der Waals surface area (Å²) in [5.74, 6) is -0.470. The van der Waals surface area contributed by atoms with E-state index in [4.69, 9.17) is 44.3 Å². The van der Waals surface area contributed by atoms with Crippen LogP contribution < -0.4 is 10.1 Å². The largest absolute Gasteiger partial charge is 0.489 e. The standard InChI is InChI=1S/C25H20Cl3NO4/c1-16-20(26)4-3-7-23(16)29-24(30)15-33-25(31)13-10-17-8-11-18(12-9-17)32-14-19-21(27)5-2-6-22(19)28/h2-13H,14-15H2,1H3,(H,29,30). The maximum Gasteiger partial charge on any atom is 0.331 e. The van der Waals surface area contributed by atoms with Gasteiger partial charge >= 0.3 is 5.97 Å². The predicted octanol–water partition coefficient (Wildman–Crippen LogP) is 6.73. The number of amides is 1. The quantitative estimate of drug-likeness (QED) is 0.273. The second kappa shape index (κ2) is 11.8. The summed E-state index contributed by atoms with van der Waals surface area (Å²) in [7, 11) is 0. The van der Waals surface area contributed by atoms with Crippen molar-refractivity contribution < 1.29 is 19.1 Å². The maximum absolute atomic E-state index is 12.0. The molecule has 0 unspecified atom stereocenters. The Morgan fingerprint density at radius 2 is 1.55 bits per heavy atom. The van der Waals surface area contributed by atoms with Gasteiger partial charge in [0.25, 0.3) is 5.91 Å². The molecular weight excluding hydrogens is 485 g/mol. The van der Waals surface area contributed by atoms with E-state index in [1.165, 1.54) is 6.08 Å². The van der Waals surface area contributed by atoms with Gasteiger partial charge in [-0.2, -0.15) is 0 Å². The highest BCUT2D eigenvalue weighted by Gasteiger charge is 2.09. The van der Waals surface area contributed by atoms with Crippen LogP contribution in [0.2, 0.25) is 15.1 Å². The number of nitrogens with one attached hydrogen (secondary N) is 1. The highest BCUT2D eigenvalue weighted by Crippen LogP contribution is 2.26. The number of carbonyl (C=O) groups excluding carboxylic acids is 2. The van der Waals surface area contributed by atoms with Gasteiger partial charge in [0.1, 0.15) is 12.4 Å². The third-order valence-electron chi connectivity index (χ3n) is 4.62. The summed E-state index contributed by atoms with van der Waals surface area (Å²) in [5.41, 5.74) is 2.77. The smallest absolute Gasteiger partial charge is 0.331 e. The Morgan fingerprint density at radius 1 is 0.909 bits per heavy atom. The summed E-state index contributed by atoms with van der Waals surface area (Å²) in [4.78, 5) is 23.9. The van der Waals surface area contributed by atoms with Crippen molar-refractivity contribution in [2.45, 2.75) is 13.5 Å². The van der Waals surface area contributed by atoms with Crippen molar-refractivity contribution in [3.05, 3.63) is 98.5 Å². The van der Waals surface area contributed by atoms with E-state index in [2.05, 4.69) is 5.32 Å². The second-order valence-electron chi connectivity index (χ2n) is 6.96. The first-order valence-electron chi connectivity index (χ1n) is 9.89. The molecule has 0 fully saturated rings. The summed E-state index contributed by atoms with van der Waals surface area (Å²) < 4.78 is 10.7. The first-order chi connectivity index (χ1) is 15.8. The van der Waals surface area contributed by atoms with Gasteiger partial charge in [0.15, 0.2) is 6.61 Å². The van der Waals surface area contributed by atoms with E-state index in [1.54, 1.807) is 73.7 Å². The van der Waals surface area contributed by atoms with Crippen molar-refractivity contribution in [3.63, 3.8) is 0 Å². The summed E-state index contributed by atoms with van der Waals surface area (Å²) in [6.45, 7) is 1.61. The van der Waals surface area contributed by atoms with E-state index in [0.29, 0.717) is 32.1 Å². The van der Waals surface area contributed by atoms with Gasteiger partial charge in [0.2, 0.25) is 0 Å². The molecule has 0 atom stereocenters. The van der Waals surface area contributed by atoms with Crippen LogP contribution in [0, 0.1) is 6.92 Å². The molecular formula is C25H20Cl3NO4. The molecule has 1 N–H and O–H groups in total. The lowest BCUT2D eigenvalue weighted by atomic mass is 10.2. The number of esters is 1. The van der Waals surface area contributed by atoms with Crippen LogP contribution in [0.4, 0.5) is 5.69 Å². The molecule has 3 aromatic rings. The van der Waals surface area contributed by atoms with Gasteiger partial charge in [0.05, 0.1) is 0 Å². The Labute approximate surface area is 206 Å². The molecule has 0 saturated heterocycles. The van der Waals surface area contributed by atoms with E-state index < -0.39 is 18.5 Å². The lowest BCUT2D eigenvalue weighted by Gasteiger charge is -2.09. The Hall–Kier alpha value is -2.99. The molecule has 0 aliphatic carbocycles. The zero-order chi connectivity index (χ0) is 23.8. The van der Waals surface area contributed by atoms with E-state index in [1.807, 2.05) is 0 Å². The molecule has 0 bridgehead atoms. The third-order valence-corrected chi connectivity index (χ3v) is 5.74. The molecule has 0 heterocycles. The predicted molar refractivity (Wildman–Crippen MR) is 132 cm³/mol.